The molecule has 0 N–H and O–H groups in total. The van der Waals surface area contributed by atoms with Crippen LogP contribution in [0.4, 0.5) is 17.6 Å². The summed E-state index contributed by atoms with van der Waals surface area (Å²) in [4.78, 5) is 0. The fraction of sp³-hybridized carbons (Fsp3) is 0.250. The van der Waals surface area contributed by atoms with Crippen molar-refractivity contribution in [3.8, 4) is 16.9 Å². The largest absolute Gasteiger partial charge is 0.496 e. The van der Waals surface area contributed by atoms with Crippen LogP contribution in [-0.2, 0) is 12.6 Å². The van der Waals surface area contributed by atoms with Crippen LogP contribution in [0, 0.1) is 9.39 Å². The van der Waals surface area contributed by atoms with Crippen molar-refractivity contribution in [3.63, 3.8) is 0 Å². The number of alkyl halides is 3. The Labute approximate surface area is 139 Å². The van der Waals surface area contributed by atoms with Crippen LogP contribution in [0.1, 0.15) is 18.1 Å². The number of benzene rings is 2. The van der Waals surface area contributed by atoms with E-state index >= 15 is 0 Å². The second-order valence-corrected chi connectivity index (χ2v) is 5.85. The minimum atomic E-state index is -4.39. The average Bonchev–Trinajstić information content (AvgIpc) is 2.46. The minimum absolute atomic E-state index is 0.298. The lowest BCUT2D eigenvalue weighted by Gasteiger charge is -2.14. The van der Waals surface area contributed by atoms with Crippen molar-refractivity contribution in [2.24, 2.45) is 0 Å². The third-order valence-electron chi connectivity index (χ3n) is 3.34. The Bertz CT molecular complexity index is 695. The van der Waals surface area contributed by atoms with Crippen LogP contribution in [0.25, 0.3) is 11.1 Å². The first-order valence-electron chi connectivity index (χ1n) is 6.51. The van der Waals surface area contributed by atoms with Gasteiger partial charge in [0.2, 0.25) is 0 Å². The zero-order valence-electron chi connectivity index (χ0n) is 11.9. The Morgan fingerprint density at radius 2 is 1.77 bits per heavy atom. The summed E-state index contributed by atoms with van der Waals surface area (Å²) in [5, 5.41) is 0. The number of rotatable bonds is 3. The Morgan fingerprint density at radius 3 is 2.27 bits per heavy atom. The lowest BCUT2D eigenvalue weighted by atomic mass is 9.99. The highest BCUT2D eigenvalue weighted by atomic mass is 127. The van der Waals surface area contributed by atoms with E-state index in [9.17, 15) is 17.6 Å². The van der Waals surface area contributed by atoms with E-state index in [2.05, 4.69) is 0 Å². The highest BCUT2D eigenvalue weighted by molar-refractivity contribution is 14.1. The molecular weight excluding hydrogens is 411 g/mol. The highest BCUT2D eigenvalue weighted by Gasteiger charge is 2.31. The monoisotopic (exact) mass is 424 g/mol. The van der Waals surface area contributed by atoms with Crippen LogP contribution in [0.2, 0.25) is 0 Å². The van der Waals surface area contributed by atoms with Crippen LogP contribution in [0.3, 0.4) is 0 Å². The summed E-state index contributed by atoms with van der Waals surface area (Å²) in [7, 11) is 1.40. The molecule has 0 heterocycles. The summed E-state index contributed by atoms with van der Waals surface area (Å²) in [6.07, 6.45) is -3.90. The van der Waals surface area contributed by atoms with E-state index in [1.807, 2.05) is 29.5 Å². The number of methoxy groups -OCH3 is 1. The normalized spacial score (nSPS) is 11.6. The smallest absolute Gasteiger partial charge is 0.416 e. The van der Waals surface area contributed by atoms with Gasteiger partial charge in [-0.2, -0.15) is 13.2 Å². The van der Waals surface area contributed by atoms with Gasteiger partial charge in [0.15, 0.2) is 0 Å². The average molecular weight is 424 g/mol. The molecule has 0 atom stereocenters. The molecule has 2 aromatic rings. The molecule has 0 spiro atoms. The van der Waals surface area contributed by atoms with Gasteiger partial charge in [0, 0.05) is 15.2 Å². The lowest BCUT2D eigenvalue weighted by molar-refractivity contribution is -0.137. The van der Waals surface area contributed by atoms with Crippen LogP contribution in [0.15, 0.2) is 30.3 Å². The van der Waals surface area contributed by atoms with E-state index in [1.54, 1.807) is 6.07 Å². The van der Waals surface area contributed by atoms with Gasteiger partial charge in [-0.05, 0) is 58.3 Å². The maximum atomic E-state index is 13.8. The molecule has 6 heteroatoms. The summed E-state index contributed by atoms with van der Waals surface area (Å²) < 4.78 is 57.6. The molecule has 0 radical (unpaired) electrons. The molecule has 0 aliphatic carbocycles. The molecule has 0 aliphatic rings. The van der Waals surface area contributed by atoms with Crippen LogP contribution in [-0.4, -0.2) is 7.11 Å². The van der Waals surface area contributed by atoms with Crippen molar-refractivity contribution in [3.05, 3.63) is 50.8 Å². The van der Waals surface area contributed by atoms with Crippen molar-refractivity contribution >= 4 is 22.6 Å². The van der Waals surface area contributed by atoms with E-state index < -0.39 is 11.7 Å². The molecule has 0 unspecified atom stereocenters. The molecule has 1 nitrogen and oxygen atoms in total. The van der Waals surface area contributed by atoms with Crippen molar-refractivity contribution in [2.75, 3.05) is 7.11 Å². The SMILES string of the molecule is CCc1cc(-c2ccc(C(F)(F)F)cc2I)c(OC)cc1F. The molecule has 0 amide bonds. The zero-order chi connectivity index (χ0) is 16.5. The Balaban J connectivity index is 2.61. The van der Waals surface area contributed by atoms with Crippen LogP contribution in [0.5, 0.6) is 5.75 Å². The third-order valence-corrected chi connectivity index (χ3v) is 4.23. The number of halogens is 5. The van der Waals surface area contributed by atoms with E-state index in [0.717, 1.165) is 12.1 Å². The van der Waals surface area contributed by atoms with Gasteiger partial charge in [-0.25, -0.2) is 4.39 Å². The van der Waals surface area contributed by atoms with E-state index in [1.165, 1.54) is 19.2 Å². The molecular formula is C16H13F4IO. The van der Waals surface area contributed by atoms with Crippen LogP contribution < -0.4 is 4.74 Å². The number of hydrogen-bond acceptors (Lipinski definition) is 1. The van der Waals surface area contributed by atoms with Gasteiger partial charge < -0.3 is 4.74 Å². The fourth-order valence-corrected chi connectivity index (χ4v) is 2.97. The summed E-state index contributed by atoms with van der Waals surface area (Å²) in [5.74, 6) is -0.0857. The predicted molar refractivity (Wildman–Crippen MR) is 85.5 cm³/mol. The molecule has 2 aromatic carbocycles. The van der Waals surface area contributed by atoms with Crippen molar-refractivity contribution in [1.29, 1.82) is 0 Å². The van der Waals surface area contributed by atoms with E-state index in [4.69, 9.17) is 4.74 Å². The Hall–Kier alpha value is -1.31. The van der Waals surface area contributed by atoms with Gasteiger partial charge in [0.05, 0.1) is 12.7 Å². The van der Waals surface area contributed by atoms with Crippen molar-refractivity contribution in [1.82, 2.24) is 0 Å². The van der Waals surface area contributed by atoms with Gasteiger partial charge >= 0.3 is 6.18 Å². The topological polar surface area (TPSA) is 9.23 Å². The van der Waals surface area contributed by atoms with Gasteiger partial charge in [-0.15, -0.1) is 0 Å². The maximum Gasteiger partial charge on any atom is 0.416 e. The molecule has 2 rings (SSSR count). The molecule has 0 saturated heterocycles. The second-order valence-electron chi connectivity index (χ2n) is 4.69. The lowest BCUT2D eigenvalue weighted by Crippen LogP contribution is -2.05. The number of hydrogen-bond donors (Lipinski definition) is 0. The first-order chi connectivity index (χ1) is 10.3. The predicted octanol–water partition coefficient (Wildman–Crippen LogP) is 5.69. The quantitative estimate of drug-likeness (QED) is 0.455. The molecule has 0 aromatic heterocycles. The maximum absolute atomic E-state index is 13.8. The summed E-state index contributed by atoms with van der Waals surface area (Å²) >= 11 is 1.85. The number of ether oxygens (including phenoxy) is 1. The Morgan fingerprint density at radius 1 is 1.09 bits per heavy atom. The Kier molecular flexibility index (Phi) is 4.99. The van der Waals surface area contributed by atoms with E-state index in [0.29, 0.717) is 32.4 Å². The van der Waals surface area contributed by atoms with Gasteiger partial charge in [-0.3, -0.25) is 0 Å². The summed E-state index contributed by atoms with van der Waals surface area (Å²) in [6, 6.07) is 6.37. The minimum Gasteiger partial charge on any atom is -0.496 e. The molecule has 0 bridgehead atoms. The molecule has 0 aliphatic heterocycles. The van der Waals surface area contributed by atoms with Gasteiger partial charge in [-0.1, -0.05) is 13.0 Å². The van der Waals surface area contributed by atoms with E-state index in [-0.39, 0.29) is 5.82 Å². The first kappa shape index (κ1) is 17.1. The van der Waals surface area contributed by atoms with Gasteiger partial charge in [0.25, 0.3) is 0 Å². The second kappa shape index (κ2) is 6.44. The van der Waals surface area contributed by atoms with Gasteiger partial charge in [0.1, 0.15) is 11.6 Å². The number of aryl methyl sites for hydroxylation is 1. The molecule has 0 fully saturated rings. The van der Waals surface area contributed by atoms with Crippen molar-refractivity contribution in [2.45, 2.75) is 19.5 Å². The molecule has 0 saturated carbocycles. The summed E-state index contributed by atoms with van der Waals surface area (Å²) in [5.41, 5.74) is 0.947. The standard InChI is InChI=1S/C16H13F4IO/c1-3-9-6-12(15(22-2)8-13(9)17)11-5-4-10(7-14(11)21)16(18,19)20/h4-8H,3H2,1-2H3. The summed E-state index contributed by atoms with van der Waals surface area (Å²) in [6.45, 7) is 1.81. The molecule has 118 valence electrons. The van der Waals surface area contributed by atoms with Crippen LogP contribution >= 0.6 is 22.6 Å². The van der Waals surface area contributed by atoms with Crippen molar-refractivity contribution < 1.29 is 22.3 Å². The highest BCUT2D eigenvalue weighted by Crippen LogP contribution is 2.38. The fourth-order valence-electron chi connectivity index (χ4n) is 2.16. The first-order valence-corrected chi connectivity index (χ1v) is 7.59. The third kappa shape index (κ3) is 3.37. The molecule has 22 heavy (non-hydrogen) atoms. The zero-order valence-corrected chi connectivity index (χ0v) is 14.0.